The van der Waals surface area contributed by atoms with Crippen LogP contribution in [0.1, 0.15) is 29.5 Å². The maximum Gasteiger partial charge on any atom is 0.270 e. The summed E-state index contributed by atoms with van der Waals surface area (Å²) in [7, 11) is 0. The molecule has 1 amide bonds. The number of nitrogens with one attached hydrogen (secondary N) is 1. The molecule has 0 aliphatic rings. The minimum atomic E-state index is -0.106. The van der Waals surface area contributed by atoms with Crippen molar-refractivity contribution in [1.82, 2.24) is 10.3 Å². The maximum absolute atomic E-state index is 11.7. The molecule has 0 saturated carbocycles. The van der Waals surface area contributed by atoms with Crippen molar-refractivity contribution in [2.24, 2.45) is 0 Å². The molecule has 1 aromatic rings. The highest BCUT2D eigenvalue weighted by atomic mass is 79.9. The Morgan fingerprint density at radius 3 is 2.87 bits per heavy atom. The van der Waals surface area contributed by atoms with E-state index in [0.29, 0.717) is 5.69 Å². The Bertz CT molecular complexity index is 337. The molecule has 3 nitrogen and oxygen atoms in total. The van der Waals surface area contributed by atoms with Gasteiger partial charge in [0.2, 0.25) is 0 Å². The number of carbonyl (C=O) groups excluding carboxylic acids is 1. The van der Waals surface area contributed by atoms with Crippen molar-refractivity contribution >= 4 is 21.8 Å². The molecule has 82 valence electrons. The van der Waals surface area contributed by atoms with Gasteiger partial charge < -0.3 is 5.32 Å². The molecule has 0 saturated heterocycles. The molecule has 1 atom stereocenters. The van der Waals surface area contributed by atoms with Crippen LogP contribution in [0.15, 0.2) is 18.2 Å². The van der Waals surface area contributed by atoms with Gasteiger partial charge in [0, 0.05) is 17.1 Å². The van der Waals surface area contributed by atoms with E-state index in [1.165, 1.54) is 0 Å². The van der Waals surface area contributed by atoms with Gasteiger partial charge in [0.25, 0.3) is 5.91 Å². The molecule has 0 aromatic carbocycles. The molecule has 0 fully saturated rings. The quantitative estimate of drug-likeness (QED) is 0.854. The summed E-state index contributed by atoms with van der Waals surface area (Å²) in [5.74, 6) is -0.106. The van der Waals surface area contributed by atoms with Crippen molar-refractivity contribution in [2.45, 2.75) is 26.3 Å². The van der Waals surface area contributed by atoms with E-state index in [1.807, 2.05) is 26.0 Å². The number of pyridine rings is 1. The van der Waals surface area contributed by atoms with Gasteiger partial charge in [-0.3, -0.25) is 4.79 Å². The monoisotopic (exact) mass is 270 g/mol. The number of rotatable bonds is 4. The highest BCUT2D eigenvalue weighted by molar-refractivity contribution is 9.09. The third-order valence-electron chi connectivity index (χ3n) is 2.14. The van der Waals surface area contributed by atoms with E-state index in [2.05, 4.69) is 26.2 Å². The van der Waals surface area contributed by atoms with Crippen LogP contribution in [0.25, 0.3) is 0 Å². The Kier molecular flexibility index (Phi) is 4.75. The lowest BCUT2D eigenvalue weighted by Gasteiger charge is -2.13. The molecule has 0 aliphatic carbocycles. The first-order valence-electron chi connectivity index (χ1n) is 4.97. The predicted molar refractivity (Wildman–Crippen MR) is 64.3 cm³/mol. The molecule has 0 aliphatic heterocycles. The third kappa shape index (κ3) is 3.63. The van der Waals surface area contributed by atoms with Crippen molar-refractivity contribution in [2.75, 3.05) is 5.33 Å². The van der Waals surface area contributed by atoms with Crippen LogP contribution in [0.3, 0.4) is 0 Å². The number of aromatic nitrogens is 1. The molecule has 4 heteroatoms. The van der Waals surface area contributed by atoms with Crippen molar-refractivity contribution in [1.29, 1.82) is 0 Å². The summed E-state index contributed by atoms with van der Waals surface area (Å²) in [6.45, 7) is 3.91. The molecule has 0 radical (unpaired) electrons. The molecule has 0 bridgehead atoms. The van der Waals surface area contributed by atoms with Crippen molar-refractivity contribution < 1.29 is 4.79 Å². The lowest BCUT2D eigenvalue weighted by atomic mass is 10.2. The zero-order valence-corrected chi connectivity index (χ0v) is 10.5. The Balaban J connectivity index is 2.68. The molecular weight excluding hydrogens is 256 g/mol. The number of halogens is 1. The first-order chi connectivity index (χ1) is 7.17. The molecule has 15 heavy (non-hydrogen) atoms. The van der Waals surface area contributed by atoms with Gasteiger partial charge in [0.1, 0.15) is 5.69 Å². The second-order valence-corrected chi connectivity index (χ2v) is 4.04. The van der Waals surface area contributed by atoms with E-state index in [0.717, 1.165) is 17.4 Å². The van der Waals surface area contributed by atoms with E-state index in [1.54, 1.807) is 6.07 Å². The number of nitrogens with zero attached hydrogens (tertiary/aromatic N) is 1. The fourth-order valence-electron chi connectivity index (χ4n) is 1.18. The summed E-state index contributed by atoms with van der Waals surface area (Å²) in [5, 5.41) is 3.68. The normalized spacial score (nSPS) is 12.2. The van der Waals surface area contributed by atoms with E-state index in [4.69, 9.17) is 0 Å². The van der Waals surface area contributed by atoms with Crippen LogP contribution in [0.2, 0.25) is 0 Å². The average molecular weight is 271 g/mol. The fourth-order valence-corrected chi connectivity index (χ4v) is 1.80. The molecule has 1 N–H and O–H groups in total. The molecule has 0 spiro atoms. The maximum atomic E-state index is 11.7. The Morgan fingerprint density at radius 2 is 2.33 bits per heavy atom. The fraction of sp³-hybridized carbons (Fsp3) is 0.455. The van der Waals surface area contributed by atoms with Gasteiger partial charge in [-0.15, -0.1) is 0 Å². The Morgan fingerprint density at radius 1 is 1.60 bits per heavy atom. The van der Waals surface area contributed by atoms with Crippen molar-refractivity contribution in [3.05, 3.63) is 29.6 Å². The molecule has 1 aromatic heterocycles. The number of hydrogen-bond donors (Lipinski definition) is 1. The van der Waals surface area contributed by atoms with E-state index in [9.17, 15) is 4.79 Å². The standard InChI is InChI=1S/C11H15BrN2O/c1-3-9(7-12)14-11(15)10-6-4-5-8(2)13-10/h4-6,9H,3,7H2,1-2H3,(H,14,15). The van der Waals surface area contributed by atoms with Crippen LogP contribution in [-0.4, -0.2) is 22.3 Å². The number of carbonyl (C=O) groups is 1. The molecule has 1 unspecified atom stereocenters. The lowest BCUT2D eigenvalue weighted by molar-refractivity contribution is 0.0935. The molecular formula is C11H15BrN2O. The van der Waals surface area contributed by atoms with E-state index in [-0.39, 0.29) is 11.9 Å². The lowest BCUT2D eigenvalue weighted by Crippen LogP contribution is -2.35. The van der Waals surface area contributed by atoms with Crippen LogP contribution in [0.4, 0.5) is 0 Å². The SMILES string of the molecule is CCC(CBr)NC(=O)c1cccc(C)n1. The highest BCUT2D eigenvalue weighted by Gasteiger charge is 2.11. The van der Waals surface area contributed by atoms with Crippen LogP contribution in [0.5, 0.6) is 0 Å². The first kappa shape index (κ1) is 12.2. The summed E-state index contributed by atoms with van der Waals surface area (Å²) in [4.78, 5) is 15.9. The molecule has 1 rings (SSSR count). The van der Waals surface area contributed by atoms with Gasteiger partial charge in [0.15, 0.2) is 0 Å². The first-order valence-corrected chi connectivity index (χ1v) is 6.10. The Labute approximate surface area is 98.4 Å². The van der Waals surface area contributed by atoms with Gasteiger partial charge in [-0.25, -0.2) is 4.98 Å². The van der Waals surface area contributed by atoms with Crippen LogP contribution < -0.4 is 5.32 Å². The zero-order valence-electron chi connectivity index (χ0n) is 8.96. The summed E-state index contributed by atoms with van der Waals surface area (Å²) >= 11 is 3.36. The topological polar surface area (TPSA) is 42.0 Å². The minimum absolute atomic E-state index is 0.106. The van der Waals surface area contributed by atoms with Gasteiger partial charge in [0.05, 0.1) is 0 Å². The molecule has 1 heterocycles. The van der Waals surface area contributed by atoms with Crippen molar-refractivity contribution in [3.8, 4) is 0 Å². The number of aryl methyl sites for hydroxylation is 1. The summed E-state index contributed by atoms with van der Waals surface area (Å²) in [6.07, 6.45) is 0.906. The Hall–Kier alpha value is -0.900. The smallest absolute Gasteiger partial charge is 0.270 e. The average Bonchev–Trinajstić information content (AvgIpc) is 2.25. The largest absolute Gasteiger partial charge is 0.347 e. The van der Waals surface area contributed by atoms with Gasteiger partial charge in [-0.1, -0.05) is 28.9 Å². The van der Waals surface area contributed by atoms with Gasteiger partial charge in [-0.05, 0) is 25.5 Å². The highest BCUT2D eigenvalue weighted by Crippen LogP contribution is 2.01. The number of amides is 1. The second kappa shape index (κ2) is 5.85. The zero-order chi connectivity index (χ0) is 11.3. The van der Waals surface area contributed by atoms with Crippen LogP contribution in [-0.2, 0) is 0 Å². The van der Waals surface area contributed by atoms with Crippen LogP contribution in [0, 0.1) is 6.92 Å². The summed E-state index contributed by atoms with van der Waals surface area (Å²) in [5.41, 5.74) is 1.34. The van der Waals surface area contributed by atoms with Crippen molar-refractivity contribution in [3.63, 3.8) is 0 Å². The summed E-state index contributed by atoms with van der Waals surface area (Å²) in [6, 6.07) is 5.61. The van der Waals surface area contributed by atoms with E-state index >= 15 is 0 Å². The van der Waals surface area contributed by atoms with Gasteiger partial charge in [-0.2, -0.15) is 0 Å². The minimum Gasteiger partial charge on any atom is -0.347 e. The van der Waals surface area contributed by atoms with Gasteiger partial charge >= 0.3 is 0 Å². The predicted octanol–water partition coefficient (Wildman–Crippen LogP) is 2.29. The van der Waals surface area contributed by atoms with Crippen LogP contribution >= 0.6 is 15.9 Å². The summed E-state index contributed by atoms with van der Waals surface area (Å²) < 4.78 is 0. The number of alkyl halides is 1. The third-order valence-corrected chi connectivity index (χ3v) is 2.92. The second-order valence-electron chi connectivity index (χ2n) is 3.40. The van der Waals surface area contributed by atoms with E-state index < -0.39 is 0 Å². The number of hydrogen-bond acceptors (Lipinski definition) is 2.